The lowest BCUT2D eigenvalue weighted by Crippen LogP contribution is -2.31. The summed E-state index contributed by atoms with van der Waals surface area (Å²) in [5.41, 5.74) is 4.01. The van der Waals surface area contributed by atoms with Crippen molar-refractivity contribution in [3.63, 3.8) is 0 Å². The lowest BCUT2D eigenvalue weighted by molar-refractivity contribution is 0.242. The van der Waals surface area contributed by atoms with Crippen molar-refractivity contribution >= 4 is 0 Å². The molecule has 5 heteroatoms. The molecule has 0 aromatic carbocycles. The first-order valence-electron chi connectivity index (χ1n) is 7.71. The molecule has 22 heavy (non-hydrogen) atoms. The Morgan fingerprint density at radius 2 is 2.09 bits per heavy atom. The molecule has 116 valence electrons. The monoisotopic (exact) mass is 300 g/mol. The molecule has 2 aromatic heterocycles. The van der Waals surface area contributed by atoms with Gasteiger partial charge in [-0.25, -0.2) is 15.0 Å². The summed E-state index contributed by atoms with van der Waals surface area (Å²) in [7, 11) is 0. The first-order chi connectivity index (χ1) is 10.5. The van der Waals surface area contributed by atoms with Gasteiger partial charge in [0.05, 0.1) is 0 Å². The Bertz CT molecular complexity index is 684. The van der Waals surface area contributed by atoms with Crippen LogP contribution >= 0.6 is 0 Å². The molecule has 1 aliphatic heterocycles. The molecule has 3 rings (SSSR count). The van der Waals surface area contributed by atoms with Crippen molar-refractivity contribution in [2.24, 2.45) is 0 Å². The largest absolute Gasteiger partial charge is 0.294 e. The smallest absolute Gasteiger partial charge is 0.215 e. The molecule has 0 radical (unpaired) electrons. The van der Waals surface area contributed by atoms with Gasteiger partial charge in [0.25, 0.3) is 0 Å². The number of aryl methyl sites for hydroxylation is 1. The summed E-state index contributed by atoms with van der Waals surface area (Å²) in [6, 6.07) is 1.87. The van der Waals surface area contributed by atoms with E-state index in [2.05, 4.69) is 33.7 Å². The van der Waals surface area contributed by atoms with Gasteiger partial charge in [0.2, 0.25) is 5.95 Å². The van der Waals surface area contributed by atoms with Gasteiger partial charge >= 0.3 is 0 Å². The maximum absolute atomic E-state index is 13.2. The second kappa shape index (κ2) is 6.08. The molecule has 0 bridgehead atoms. The topological polar surface area (TPSA) is 41.9 Å². The van der Waals surface area contributed by atoms with E-state index in [1.54, 1.807) is 13.1 Å². The zero-order valence-electron chi connectivity index (χ0n) is 13.3. The molecule has 4 nitrogen and oxygen atoms in total. The fraction of sp³-hybridized carbons (Fsp3) is 0.471. The summed E-state index contributed by atoms with van der Waals surface area (Å²) in [4.78, 5) is 15.3. The minimum atomic E-state index is -0.387. The lowest BCUT2D eigenvalue weighted by Gasteiger charge is -2.28. The number of nitrogens with zero attached hydrogens (tertiary/aromatic N) is 4. The van der Waals surface area contributed by atoms with Crippen LogP contribution in [0.4, 0.5) is 4.39 Å². The van der Waals surface area contributed by atoms with E-state index in [0.29, 0.717) is 11.5 Å². The molecular weight excluding hydrogens is 279 g/mol. The molecule has 0 aliphatic carbocycles. The van der Waals surface area contributed by atoms with E-state index >= 15 is 0 Å². The molecule has 0 saturated heterocycles. The highest BCUT2D eigenvalue weighted by Crippen LogP contribution is 2.20. The standard InChI is InChI=1S/C17H21FN4/c1-11(2)17-20-8-14-10-22(5-4-15(14)21-17)9-13-6-12(3)16(18)19-7-13/h6-8,11H,4-5,9-10H2,1-3H3. The molecule has 0 atom stereocenters. The maximum Gasteiger partial charge on any atom is 0.215 e. The lowest BCUT2D eigenvalue weighted by atomic mass is 10.1. The Balaban J connectivity index is 1.72. The zero-order valence-corrected chi connectivity index (χ0v) is 13.3. The normalized spacial score (nSPS) is 15.1. The van der Waals surface area contributed by atoms with Gasteiger partial charge < -0.3 is 0 Å². The van der Waals surface area contributed by atoms with E-state index in [-0.39, 0.29) is 5.95 Å². The van der Waals surface area contributed by atoms with Gasteiger partial charge in [-0.2, -0.15) is 4.39 Å². The predicted octanol–water partition coefficient (Wildman–Crippen LogP) is 3.00. The average Bonchev–Trinajstić information content (AvgIpc) is 2.50. The number of hydrogen-bond acceptors (Lipinski definition) is 4. The molecule has 0 N–H and O–H groups in total. The highest BCUT2D eigenvalue weighted by molar-refractivity contribution is 5.23. The number of fused-ring (bicyclic) bond motifs is 1. The van der Waals surface area contributed by atoms with E-state index < -0.39 is 0 Å². The highest BCUT2D eigenvalue weighted by atomic mass is 19.1. The Morgan fingerprint density at radius 3 is 2.82 bits per heavy atom. The minimum absolute atomic E-state index is 0.358. The summed E-state index contributed by atoms with van der Waals surface area (Å²) in [6.07, 6.45) is 4.51. The summed E-state index contributed by atoms with van der Waals surface area (Å²) in [6.45, 7) is 8.54. The maximum atomic E-state index is 13.2. The van der Waals surface area contributed by atoms with Crippen molar-refractivity contribution in [3.8, 4) is 0 Å². The van der Waals surface area contributed by atoms with Gasteiger partial charge in [-0.3, -0.25) is 4.90 Å². The molecular formula is C17H21FN4. The summed E-state index contributed by atoms with van der Waals surface area (Å²) in [5.74, 6) is 0.893. The van der Waals surface area contributed by atoms with Gasteiger partial charge in [0, 0.05) is 61.2 Å². The number of pyridine rings is 1. The molecule has 0 spiro atoms. The SMILES string of the molecule is Cc1cc(CN2CCc3nc(C(C)C)ncc3C2)cnc1F. The van der Waals surface area contributed by atoms with Crippen LogP contribution in [0, 0.1) is 12.9 Å². The molecule has 1 aliphatic rings. The van der Waals surface area contributed by atoms with Crippen LogP contribution in [-0.2, 0) is 19.5 Å². The Hall–Kier alpha value is -1.88. The molecule has 0 unspecified atom stereocenters. The van der Waals surface area contributed by atoms with E-state index in [1.165, 1.54) is 11.3 Å². The van der Waals surface area contributed by atoms with Crippen LogP contribution in [0.25, 0.3) is 0 Å². The number of aromatic nitrogens is 3. The first kappa shape index (κ1) is 15.0. The summed E-state index contributed by atoms with van der Waals surface area (Å²) >= 11 is 0. The second-order valence-corrected chi connectivity index (χ2v) is 6.27. The number of rotatable bonds is 3. The van der Waals surface area contributed by atoms with E-state index in [1.807, 2.05) is 12.3 Å². The van der Waals surface area contributed by atoms with Gasteiger partial charge in [-0.1, -0.05) is 13.8 Å². The van der Waals surface area contributed by atoms with Crippen LogP contribution in [0.5, 0.6) is 0 Å². The predicted molar refractivity (Wildman–Crippen MR) is 82.9 cm³/mol. The molecule has 2 aromatic rings. The van der Waals surface area contributed by atoms with Crippen LogP contribution in [0.2, 0.25) is 0 Å². The van der Waals surface area contributed by atoms with Crippen LogP contribution < -0.4 is 0 Å². The Labute approximate surface area is 130 Å². The van der Waals surface area contributed by atoms with Crippen LogP contribution in [-0.4, -0.2) is 26.4 Å². The third kappa shape index (κ3) is 3.14. The Morgan fingerprint density at radius 1 is 1.27 bits per heavy atom. The first-order valence-corrected chi connectivity index (χ1v) is 7.71. The van der Waals surface area contributed by atoms with Crippen molar-refractivity contribution in [1.29, 1.82) is 0 Å². The minimum Gasteiger partial charge on any atom is -0.294 e. The van der Waals surface area contributed by atoms with Gasteiger partial charge in [0.1, 0.15) is 5.82 Å². The van der Waals surface area contributed by atoms with Crippen molar-refractivity contribution in [2.45, 2.75) is 46.2 Å². The van der Waals surface area contributed by atoms with Gasteiger partial charge in [-0.05, 0) is 18.6 Å². The fourth-order valence-corrected chi connectivity index (χ4v) is 2.76. The molecule has 0 fully saturated rings. The van der Waals surface area contributed by atoms with Gasteiger partial charge in [-0.15, -0.1) is 0 Å². The van der Waals surface area contributed by atoms with Gasteiger partial charge in [0.15, 0.2) is 0 Å². The summed E-state index contributed by atoms with van der Waals surface area (Å²) in [5, 5.41) is 0. The van der Waals surface area contributed by atoms with E-state index in [4.69, 9.17) is 0 Å². The average molecular weight is 300 g/mol. The zero-order chi connectivity index (χ0) is 15.7. The second-order valence-electron chi connectivity index (χ2n) is 6.27. The van der Waals surface area contributed by atoms with E-state index in [0.717, 1.165) is 37.4 Å². The van der Waals surface area contributed by atoms with Crippen molar-refractivity contribution in [2.75, 3.05) is 6.54 Å². The number of halogens is 1. The highest BCUT2D eigenvalue weighted by Gasteiger charge is 2.19. The van der Waals surface area contributed by atoms with Crippen LogP contribution in [0.3, 0.4) is 0 Å². The van der Waals surface area contributed by atoms with E-state index in [9.17, 15) is 4.39 Å². The number of hydrogen-bond donors (Lipinski definition) is 0. The quantitative estimate of drug-likeness (QED) is 0.817. The summed E-state index contributed by atoms with van der Waals surface area (Å²) < 4.78 is 13.2. The Kier molecular flexibility index (Phi) is 4.16. The van der Waals surface area contributed by atoms with Crippen molar-refractivity contribution in [1.82, 2.24) is 19.9 Å². The van der Waals surface area contributed by atoms with Crippen molar-refractivity contribution < 1.29 is 4.39 Å². The molecule has 3 heterocycles. The van der Waals surface area contributed by atoms with Crippen molar-refractivity contribution in [3.05, 3.63) is 52.6 Å². The van der Waals surface area contributed by atoms with Crippen LogP contribution in [0.1, 0.15) is 48.0 Å². The third-order valence-corrected chi connectivity index (χ3v) is 4.03. The molecule has 0 amide bonds. The van der Waals surface area contributed by atoms with Crippen LogP contribution in [0.15, 0.2) is 18.5 Å². The fourth-order valence-electron chi connectivity index (χ4n) is 2.76. The third-order valence-electron chi connectivity index (χ3n) is 4.03. The molecule has 0 saturated carbocycles.